The second kappa shape index (κ2) is 9.96. The zero-order valence-electron chi connectivity index (χ0n) is 16.6. The molecule has 1 aromatic rings. The number of hydrogen-bond donors (Lipinski definition) is 1. The summed E-state index contributed by atoms with van der Waals surface area (Å²) in [4.78, 5) is 2.10. The van der Waals surface area contributed by atoms with Crippen molar-refractivity contribution in [1.82, 2.24) is 4.90 Å². The minimum absolute atomic E-state index is 0.385. The van der Waals surface area contributed by atoms with Crippen LogP contribution >= 0.6 is 11.6 Å². The first-order chi connectivity index (χ1) is 12.9. The van der Waals surface area contributed by atoms with E-state index in [9.17, 15) is 5.11 Å². The van der Waals surface area contributed by atoms with E-state index in [1.807, 2.05) is 45.0 Å². The average Bonchev–Trinajstić information content (AvgIpc) is 3.16. The summed E-state index contributed by atoms with van der Waals surface area (Å²) < 4.78 is 5.70. The van der Waals surface area contributed by atoms with Crippen molar-refractivity contribution >= 4 is 17.2 Å². The lowest BCUT2D eigenvalue weighted by Crippen LogP contribution is -2.39. The second-order valence-corrected chi connectivity index (χ2v) is 7.29. The number of benzene rings is 1. The SMILES string of the molecule is C=C(OCC)C(=C=CC)C(c1cc(Cl)ccc1C(=C)C)C(O)N1CCCC1. The Morgan fingerprint density at radius 3 is 2.59 bits per heavy atom. The van der Waals surface area contributed by atoms with Gasteiger partial charge in [-0.25, -0.2) is 0 Å². The van der Waals surface area contributed by atoms with Gasteiger partial charge in [0.15, 0.2) is 0 Å². The second-order valence-electron chi connectivity index (χ2n) is 6.85. The minimum atomic E-state index is -0.719. The number of aliphatic hydroxyl groups is 1. The fraction of sp³-hybridized carbons (Fsp3) is 0.435. The van der Waals surface area contributed by atoms with E-state index in [2.05, 4.69) is 23.8 Å². The smallest absolute Gasteiger partial charge is 0.123 e. The molecule has 27 heavy (non-hydrogen) atoms. The van der Waals surface area contributed by atoms with Crippen LogP contribution in [0.15, 0.2) is 54.5 Å². The molecule has 1 N–H and O–H groups in total. The Morgan fingerprint density at radius 2 is 2.04 bits per heavy atom. The van der Waals surface area contributed by atoms with Gasteiger partial charge in [0.1, 0.15) is 12.0 Å². The molecular formula is C23H30ClNO2. The third-order valence-corrected chi connectivity index (χ3v) is 5.09. The van der Waals surface area contributed by atoms with Crippen LogP contribution in [0.2, 0.25) is 5.02 Å². The summed E-state index contributed by atoms with van der Waals surface area (Å²) in [5.74, 6) is 0.134. The summed E-state index contributed by atoms with van der Waals surface area (Å²) in [6, 6.07) is 5.72. The lowest BCUT2D eigenvalue weighted by atomic mass is 9.83. The van der Waals surface area contributed by atoms with Gasteiger partial charge in [-0.15, -0.1) is 5.73 Å². The molecule has 0 radical (unpaired) electrons. The van der Waals surface area contributed by atoms with Crippen LogP contribution in [0.5, 0.6) is 0 Å². The van der Waals surface area contributed by atoms with Crippen molar-refractivity contribution in [3.05, 3.63) is 70.6 Å². The Morgan fingerprint density at radius 1 is 1.37 bits per heavy atom. The molecule has 0 aromatic heterocycles. The number of rotatable bonds is 8. The van der Waals surface area contributed by atoms with E-state index in [4.69, 9.17) is 16.3 Å². The van der Waals surface area contributed by atoms with Gasteiger partial charge in [-0.1, -0.05) is 36.4 Å². The van der Waals surface area contributed by atoms with Crippen LogP contribution in [0.25, 0.3) is 5.57 Å². The predicted octanol–water partition coefficient (Wildman–Crippen LogP) is 5.52. The number of nitrogens with zero attached hydrogens (tertiary/aromatic N) is 1. The predicted molar refractivity (Wildman–Crippen MR) is 114 cm³/mol. The topological polar surface area (TPSA) is 32.7 Å². The van der Waals surface area contributed by atoms with Gasteiger partial charge in [-0.05, 0) is 62.9 Å². The lowest BCUT2D eigenvalue weighted by Gasteiger charge is -2.33. The van der Waals surface area contributed by atoms with E-state index in [1.165, 1.54) is 0 Å². The van der Waals surface area contributed by atoms with Gasteiger partial charge >= 0.3 is 0 Å². The zero-order chi connectivity index (χ0) is 20.0. The van der Waals surface area contributed by atoms with Crippen LogP contribution in [0.1, 0.15) is 50.7 Å². The number of aliphatic hydroxyl groups excluding tert-OH is 1. The van der Waals surface area contributed by atoms with Crippen molar-refractivity contribution in [2.75, 3.05) is 19.7 Å². The molecule has 0 bridgehead atoms. The molecule has 2 atom stereocenters. The highest BCUT2D eigenvalue weighted by atomic mass is 35.5. The molecule has 0 amide bonds. The van der Waals surface area contributed by atoms with Crippen LogP contribution in [0.4, 0.5) is 0 Å². The summed E-state index contributed by atoms with van der Waals surface area (Å²) in [7, 11) is 0. The maximum atomic E-state index is 11.4. The molecule has 4 heteroatoms. The van der Waals surface area contributed by atoms with E-state index in [0.29, 0.717) is 17.4 Å². The van der Waals surface area contributed by atoms with E-state index >= 15 is 0 Å². The fourth-order valence-electron chi connectivity index (χ4n) is 3.61. The van der Waals surface area contributed by atoms with Gasteiger partial charge in [0.25, 0.3) is 0 Å². The molecule has 0 aliphatic carbocycles. The van der Waals surface area contributed by atoms with Crippen LogP contribution in [-0.2, 0) is 4.74 Å². The highest BCUT2D eigenvalue weighted by Gasteiger charge is 2.34. The van der Waals surface area contributed by atoms with Crippen molar-refractivity contribution in [2.45, 2.75) is 45.8 Å². The number of hydrogen-bond acceptors (Lipinski definition) is 3. The van der Waals surface area contributed by atoms with Crippen LogP contribution < -0.4 is 0 Å². The van der Waals surface area contributed by atoms with Gasteiger partial charge < -0.3 is 9.84 Å². The molecular weight excluding hydrogens is 358 g/mol. The first-order valence-electron chi connectivity index (χ1n) is 9.51. The Kier molecular flexibility index (Phi) is 7.94. The Balaban J connectivity index is 2.66. The minimum Gasteiger partial charge on any atom is -0.494 e. The number of likely N-dealkylation sites (tertiary alicyclic amines) is 1. The van der Waals surface area contributed by atoms with Gasteiger partial charge in [-0.2, -0.15) is 0 Å². The van der Waals surface area contributed by atoms with Gasteiger partial charge in [0.05, 0.1) is 12.5 Å². The maximum absolute atomic E-state index is 11.4. The molecule has 1 saturated heterocycles. The monoisotopic (exact) mass is 387 g/mol. The summed E-state index contributed by atoms with van der Waals surface area (Å²) >= 11 is 6.34. The van der Waals surface area contributed by atoms with E-state index < -0.39 is 6.23 Å². The number of ether oxygens (including phenoxy) is 1. The highest BCUT2D eigenvalue weighted by molar-refractivity contribution is 6.30. The largest absolute Gasteiger partial charge is 0.494 e. The summed E-state index contributed by atoms with van der Waals surface area (Å²) in [6.45, 7) is 16.2. The van der Waals surface area contributed by atoms with Crippen LogP contribution in [-0.4, -0.2) is 35.9 Å². The molecule has 0 saturated carbocycles. The van der Waals surface area contributed by atoms with Crippen molar-refractivity contribution in [3.63, 3.8) is 0 Å². The molecule has 2 unspecified atom stereocenters. The quantitative estimate of drug-likeness (QED) is 0.362. The van der Waals surface area contributed by atoms with Crippen molar-refractivity contribution in [3.8, 4) is 0 Å². The van der Waals surface area contributed by atoms with E-state index in [-0.39, 0.29) is 5.92 Å². The Hall–Kier alpha value is -1.77. The average molecular weight is 388 g/mol. The number of halogens is 1. The lowest BCUT2D eigenvalue weighted by molar-refractivity contribution is 0.00565. The molecule has 2 rings (SSSR count). The van der Waals surface area contributed by atoms with Gasteiger partial charge in [-0.3, -0.25) is 4.90 Å². The molecule has 3 nitrogen and oxygen atoms in total. The Bertz CT molecular complexity index is 756. The summed E-state index contributed by atoms with van der Waals surface area (Å²) in [5.41, 5.74) is 6.81. The highest BCUT2D eigenvalue weighted by Crippen LogP contribution is 2.39. The molecule has 1 aromatic carbocycles. The summed E-state index contributed by atoms with van der Waals surface area (Å²) in [5, 5.41) is 12.0. The van der Waals surface area contributed by atoms with E-state index in [1.54, 1.807) is 0 Å². The van der Waals surface area contributed by atoms with Crippen molar-refractivity contribution in [1.29, 1.82) is 0 Å². The van der Waals surface area contributed by atoms with E-state index in [0.717, 1.165) is 48.2 Å². The zero-order valence-corrected chi connectivity index (χ0v) is 17.4. The molecule has 146 valence electrons. The first-order valence-corrected chi connectivity index (χ1v) is 9.89. The van der Waals surface area contributed by atoms with Crippen molar-refractivity contribution in [2.24, 2.45) is 0 Å². The molecule has 1 heterocycles. The fourth-order valence-corrected chi connectivity index (χ4v) is 3.79. The maximum Gasteiger partial charge on any atom is 0.123 e. The molecule has 1 aliphatic heterocycles. The molecule has 0 spiro atoms. The molecule has 1 aliphatic rings. The first kappa shape index (κ1) is 21.5. The summed E-state index contributed by atoms with van der Waals surface area (Å²) in [6.07, 6.45) is 3.28. The van der Waals surface area contributed by atoms with Gasteiger partial charge in [0, 0.05) is 23.7 Å². The normalized spacial score (nSPS) is 16.3. The van der Waals surface area contributed by atoms with Crippen LogP contribution in [0.3, 0.4) is 0 Å². The van der Waals surface area contributed by atoms with Crippen molar-refractivity contribution < 1.29 is 9.84 Å². The van der Waals surface area contributed by atoms with Gasteiger partial charge in [0.2, 0.25) is 0 Å². The third kappa shape index (κ3) is 5.15. The third-order valence-electron chi connectivity index (χ3n) is 4.85. The number of allylic oxidation sites excluding steroid dienone is 2. The standard InChI is InChI=1S/C23H30ClNO2/c1-6-10-20(17(5)27-7-2)22(23(26)25-13-8-9-14-25)21-15-18(24)11-12-19(21)16(3)4/h6,11-12,15,22-23,26H,3,5,7-9,13-14H2,1-2,4H3. The molecule has 1 fully saturated rings. The Labute approximate surface area is 168 Å². The van der Waals surface area contributed by atoms with Crippen LogP contribution in [0, 0.1) is 0 Å².